The fraction of sp³-hybridized carbons (Fsp3) is 0.273. The zero-order valence-corrected chi connectivity index (χ0v) is 15.7. The fourth-order valence-electron chi connectivity index (χ4n) is 4.44. The van der Waals surface area contributed by atoms with Crippen molar-refractivity contribution in [1.29, 1.82) is 0 Å². The van der Waals surface area contributed by atoms with Crippen LogP contribution in [0.2, 0.25) is 0 Å². The van der Waals surface area contributed by atoms with Crippen LogP contribution in [0.5, 0.6) is 0 Å². The number of halogens is 1. The first kappa shape index (κ1) is 17.7. The topological polar surface area (TPSA) is 82.7 Å². The van der Waals surface area contributed by atoms with Crippen LogP contribution in [0, 0.1) is 11.7 Å². The van der Waals surface area contributed by atoms with E-state index in [0.29, 0.717) is 31.2 Å². The van der Waals surface area contributed by atoms with Gasteiger partial charge in [0.05, 0.1) is 5.52 Å². The summed E-state index contributed by atoms with van der Waals surface area (Å²) in [6.45, 7) is 0. The number of amides is 1. The van der Waals surface area contributed by atoms with Crippen LogP contribution in [0.15, 0.2) is 53.5 Å². The number of aromatic amines is 2. The Balaban J connectivity index is 1.29. The number of nitrogens with zero attached hydrogens (tertiary/aromatic N) is 1. The first-order chi connectivity index (χ1) is 14.1. The molecule has 0 aliphatic heterocycles. The van der Waals surface area contributed by atoms with E-state index in [2.05, 4.69) is 15.3 Å². The van der Waals surface area contributed by atoms with Gasteiger partial charge >= 0.3 is 5.69 Å². The minimum absolute atomic E-state index is 0.00618. The van der Waals surface area contributed by atoms with Gasteiger partial charge < -0.3 is 15.3 Å². The van der Waals surface area contributed by atoms with Gasteiger partial charge in [0.2, 0.25) is 5.91 Å². The molecule has 1 aliphatic rings. The van der Waals surface area contributed by atoms with E-state index in [9.17, 15) is 14.0 Å². The maximum atomic E-state index is 14.0. The maximum absolute atomic E-state index is 14.0. The van der Waals surface area contributed by atoms with E-state index in [4.69, 9.17) is 0 Å². The Hall–Kier alpha value is -3.35. The van der Waals surface area contributed by atoms with E-state index in [1.807, 2.05) is 30.5 Å². The van der Waals surface area contributed by atoms with E-state index in [-0.39, 0.29) is 29.1 Å². The molecule has 0 atom stereocenters. The number of hydrogen-bond acceptors (Lipinski definition) is 2. The van der Waals surface area contributed by atoms with Crippen molar-refractivity contribution in [3.63, 3.8) is 0 Å². The highest BCUT2D eigenvalue weighted by atomic mass is 19.1. The second-order valence-corrected chi connectivity index (χ2v) is 7.71. The number of benzene rings is 2. The van der Waals surface area contributed by atoms with Gasteiger partial charge in [0, 0.05) is 29.4 Å². The molecule has 0 unspecified atom stereocenters. The van der Waals surface area contributed by atoms with Crippen molar-refractivity contribution >= 4 is 33.5 Å². The number of carbonyl (C=O) groups excluding carboxylic acids is 1. The molecule has 6 nitrogen and oxygen atoms in total. The third-order valence-corrected chi connectivity index (χ3v) is 5.96. The molecule has 1 aliphatic carbocycles. The Morgan fingerprint density at radius 3 is 2.76 bits per heavy atom. The summed E-state index contributed by atoms with van der Waals surface area (Å²) >= 11 is 0. The minimum atomic E-state index is -0.426. The number of aromatic nitrogens is 3. The number of nitrogens with one attached hydrogen (secondary N) is 3. The molecule has 5 rings (SSSR count). The van der Waals surface area contributed by atoms with Crippen molar-refractivity contribution in [3.8, 4) is 0 Å². The molecule has 29 heavy (non-hydrogen) atoms. The summed E-state index contributed by atoms with van der Waals surface area (Å²) in [5.74, 6) is -0.514. The van der Waals surface area contributed by atoms with Crippen LogP contribution in [0.1, 0.15) is 31.7 Å². The molecule has 2 heterocycles. The summed E-state index contributed by atoms with van der Waals surface area (Å²) in [6.07, 6.45) is 4.66. The van der Waals surface area contributed by atoms with Crippen LogP contribution in [-0.4, -0.2) is 20.4 Å². The predicted octanol–water partition coefficient (Wildman–Crippen LogP) is 4.32. The monoisotopic (exact) mass is 392 g/mol. The number of rotatable bonds is 3. The second-order valence-electron chi connectivity index (χ2n) is 7.71. The van der Waals surface area contributed by atoms with E-state index in [0.717, 1.165) is 16.6 Å². The Morgan fingerprint density at radius 2 is 1.93 bits per heavy atom. The molecule has 0 saturated heterocycles. The van der Waals surface area contributed by atoms with Crippen LogP contribution in [0.4, 0.5) is 10.1 Å². The zero-order chi connectivity index (χ0) is 20.0. The quantitative estimate of drug-likeness (QED) is 0.485. The van der Waals surface area contributed by atoms with Crippen LogP contribution in [0.3, 0.4) is 0 Å². The van der Waals surface area contributed by atoms with Crippen LogP contribution in [0.25, 0.3) is 21.9 Å². The smallest absolute Gasteiger partial charge is 0.326 e. The van der Waals surface area contributed by atoms with Gasteiger partial charge in [0.15, 0.2) is 0 Å². The number of fused-ring (bicyclic) bond motifs is 2. The Kier molecular flexibility index (Phi) is 4.23. The molecular weight excluding hydrogens is 371 g/mol. The van der Waals surface area contributed by atoms with Gasteiger partial charge in [-0.2, -0.15) is 0 Å². The summed E-state index contributed by atoms with van der Waals surface area (Å²) in [7, 11) is 0. The van der Waals surface area contributed by atoms with E-state index in [1.165, 1.54) is 6.07 Å². The minimum Gasteiger partial charge on any atom is -0.361 e. The first-order valence-electron chi connectivity index (χ1n) is 9.87. The van der Waals surface area contributed by atoms with Gasteiger partial charge in [-0.05, 0) is 61.4 Å². The summed E-state index contributed by atoms with van der Waals surface area (Å²) in [6, 6.07) is 12.5. The lowest BCUT2D eigenvalue weighted by atomic mass is 9.85. The van der Waals surface area contributed by atoms with Crippen molar-refractivity contribution in [2.24, 2.45) is 5.92 Å². The van der Waals surface area contributed by atoms with Crippen molar-refractivity contribution < 1.29 is 9.18 Å². The highest BCUT2D eigenvalue weighted by molar-refractivity contribution is 5.95. The van der Waals surface area contributed by atoms with Crippen LogP contribution in [-0.2, 0) is 4.79 Å². The van der Waals surface area contributed by atoms with E-state index in [1.54, 1.807) is 16.7 Å². The molecule has 0 spiro atoms. The number of hydrogen-bond donors (Lipinski definition) is 3. The van der Waals surface area contributed by atoms with Crippen molar-refractivity contribution in [2.75, 3.05) is 5.32 Å². The highest BCUT2D eigenvalue weighted by Gasteiger charge is 2.29. The summed E-state index contributed by atoms with van der Waals surface area (Å²) < 4.78 is 15.6. The zero-order valence-electron chi connectivity index (χ0n) is 15.7. The number of imidazole rings is 1. The van der Waals surface area contributed by atoms with Gasteiger partial charge in [-0.15, -0.1) is 0 Å². The van der Waals surface area contributed by atoms with Crippen molar-refractivity contribution in [2.45, 2.75) is 31.7 Å². The SMILES string of the molecule is O=C(Nc1ccc2cc[nH]c2c1)C1CCC(n2c(=O)[nH]c3c(F)cccc32)CC1. The van der Waals surface area contributed by atoms with Crippen molar-refractivity contribution in [1.82, 2.24) is 14.5 Å². The molecule has 1 fully saturated rings. The van der Waals surface area contributed by atoms with Gasteiger partial charge in [-0.3, -0.25) is 9.36 Å². The van der Waals surface area contributed by atoms with Gasteiger partial charge in [-0.1, -0.05) is 12.1 Å². The van der Waals surface area contributed by atoms with E-state index >= 15 is 0 Å². The third kappa shape index (κ3) is 3.12. The average molecular weight is 392 g/mol. The van der Waals surface area contributed by atoms with Crippen molar-refractivity contribution in [3.05, 3.63) is 65.0 Å². The van der Waals surface area contributed by atoms with Crippen LogP contribution < -0.4 is 11.0 Å². The summed E-state index contributed by atoms with van der Waals surface area (Å²) in [5, 5.41) is 4.11. The molecule has 2 aromatic carbocycles. The fourth-order valence-corrected chi connectivity index (χ4v) is 4.44. The van der Waals surface area contributed by atoms with Crippen LogP contribution >= 0.6 is 0 Å². The molecule has 2 aromatic heterocycles. The first-order valence-corrected chi connectivity index (χ1v) is 9.87. The summed E-state index contributed by atoms with van der Waals surface area (Å²) in [4.78, 5) is 30.9. The lowest BCUT2D eigenvalue weighted by Crippen LogP contribution is -2.31. The highest BCUT2D eigenvalue weighted by Crippen LogP contribution is 2.34. The lowest BCUT2D eigenvalue weighted by Gasteiger charge is -2.28. The Morgan fingerprint density at radius 1 is 1.10 bits per heavy atom. The number of para-hydroxylation sites is 1. The third-order valence-electron chi connectivity index (χ3n) is 5.96. The van der Waals surface area contributed by atoms with Gasteiger partial charge in [-0.25, -0.2) is 9.18 Å². The average Bonchev–Trinajstić information content (AvgIpc) is 3.32. The second kappa shape index (κ2) is 6.92. The standard InChI is InChI=1S/C22H21FN4O2/c23-17-2-1-3-19-20(17)26-22(29)27(19)16-8-5-14(6-9-16)21(28)25-15-7-4-13-10-11-24-18(13)12-15/h1-4,7,10-12,14,16,24H,5-6,8-9H2,(H,25,28)(H,26,29). The molecule has 1 amide bonds. The normalized spacial score (nSPS) is 19.6. The van der Waals surface area contributed by atoms with E-state index < -0.39 is 5.82 Å². The van der Waals surface area contributed by atoms with Gasteiger partial charge in [0.25, 0.3) is 0 Å². The molecule has 4 aromatic rings. The predicted molar refractivity (Wildman–Crippen MR) is 110 cm³/mol. The largest absolute Gasteiger partial charge is 0.361 e. The number of H-pyrrole nitrogens is 2. The lowest BCUT2D eigenvalue weighted by molar-refractivity contribution is -0.121. The molecule has 3 N–H and O–H groups in total. The molecule has 0 radical (unpaired) electrons. The Bertz CT molecular complexity index is 1260. The number of carbonyl (C=O) groups is 1. The Labute approximate surface area is 165 Å². The van der Waals surface area contributed by atoms with Gasteiger partial charge in [0.1, 0.15) is 11.3 Å². The molecule has 148 valence electrons. The molecule has 1 saturated carbocycles. The maximum Gasteiger partial charge on any atom is 0.326 e. The molecule has 7 heteroatoms. The number of anilines is 1. The molecular formula is C22H21FN4O2. The summed E-state index contributed by atoms with van der Waals surface area (Å²) in [5.41, 5.74) is 2.30. The molecule has 0 bridgehead atoms.